The molecule has 0 aliphatic carbocycles. The van der Waals surface area contributed by atoms with Crippen LogP contribution in [0.2, 0.25) is 0 Å². The molecular weight excluding hydrogens is 218 g/mol. The van der Waals surface area contributed by atoms with Gasteiger partial charge in [-0.1, -0.05) is 0 Å². The third-order valence-electron chi connectivity index (χ3n) is 2.19. The van der Waals surface area contributed by atoms with E-state index >= 15 is 0 Å². The van der Waals surface area contributed by atoms with E-state index < -0.39 is 24.0 Å². The van der Waals surface area contributed by atoms with Gasteiger partial charge in [-0.2, -0.15) is 0 Å². The summed E-state index contributed by atoms with van der Waals surface area (Å²) in [5, 5.41) is 8.53. The number of primary amides is 1. The highest BCUT2D eigenvalue weighted by Gasteiger charge is 2.37. The second-order valence-electron chi connectivity index (χ2n) is 3.71. The molecule has 1 aliphatic heterocycles. The highest BCUT2D eigenvalue weighted by Crippen LogP contribution is 2.28. The Kier molecular flexibility index (Phi) is 4.08. The van der Waals surface area contributed by atoms with Gasteiger partial charge in [0.2, 0.25) is 0 Å². The molecule has 0 aromatic carbocycles. The van der Waals surface area contributed by atoms with Crippen molar-refractivity contribution in [2.75, 3.05) is 13.2 Å². The summed E-state index contributed by atoms with van der Waals surface area (Å²) in [5.41, 5.74) is 4.80. The fourth-order valence-corrected chi connectivity index (χ4v) is 1.41. The van der Waals surface area contributed by atoms with Crippen LogP contribution in [0.4, 0.5) is 4.79 Å². The van der Waals surface area contributed by atoms with Crippen molar-refractivity contribution in [3.63, 3.8) is 0 Å². The molecule has 1 heterocycles. The van der Waals surface area contributed by atoms with Crippen molar-refractivity contribution in [3.05, 3.63) is 0 Å². The quantitative estimate of drug-likeness (QED) is 0.696. The molecule has 0 aromatic heterocycles. The molecular formula is C9H15NO6. The Hall–Kier alpha value is -1.34. The van der Waals surface area contributed by atoms with E-state index in [4.69, 9.17) is 20.3 Å². The average Bonchev–Trinajstić information content (AvgIpc) is 2.55. The van der Waals surface area contributed by atoms with Crippen LogP contribution in [0.25, 0.3) is 0 Å². The molecule has 16 heavy (non-hydrogen) atoms. The molecule has 0 bridgehead atoms. The van der Waals surface area contributed by atoms with Gasteiger partial charge in [0.05, 0.1) is 13.0 Å². The summed E-state index contributed by atoms with van der Waals surface area (Å²) >= 11 is 0. The molecule has 1 amide bonds. The molecule has 1 fully saturated rings. The van der Waals surface area contributed by atoms with E-state index in [0.29, 0.717) is 0 Å². The highest BCUT2D eigenvalue weighted by atomic mass is 16.7. The van der Waals surface area contributed by atoms with Crippen molar-refractivity contribution in [1.82, 2.24) is 0 Å². The molecule has 0 aromatic rings. The van der Waals surface area contributed by atoms with Gasteiger partial charge in [0.25, 0.3) is 0 Å². The summed E-state index contributed by atoms with van der Waals surface area (Å²) < 4.78 is 15.3. The summed E-state index contributed by atoms with van der Waals surface area (Å²) in [6, 6.07) is 0. The standard InChI is InChI=1S/C9H15NO6/c1-9(3-2-7(11)12)15-5-6(16-9)4-14-8(10)13/h6H,2-5H2,1H3,(H2,10,13)(H,11,12). The Morgan fingerprint density at radius 2 is 2.31 bits per heavy atom. The van der Waals surface area contributed by atoms with Crippen LogP contribution in [0.3, 0.4) is 0 Å². The maximum absolute atomic E-state index is 10.4. The van der Waals surface area contributed by atoms with E-state index in [1.165, 1.54) is 0 Å². The van der Waals surface area contributed by atoms with E-state index in [0.717, 1.165) is 0 Å². The average molecular weight is 233 g/mol. The number of hydrogen-bond donors (Lipinski definition) is 2. The maximum atomic E-state index is 10.4. The summed E-state index contributed by atoms with van der Waals surface area (Å²) in [4.78, 5) is 20.8. The van der Waals surface area contributed by atoms with Gasteiger partial charge in [0, 0.05) is 6.42 Å². The molecule has 2 atom stereocenters. The predicted molar refractivity (Wildman–Crippen MR) is 51.6 cm³/mol. The molecule has 3 N–H and O–H groups in total. The third kappa shape index (κ3) is 4.03. The van der Waals surface area contributed by atoms with Gasteiger partial charge in [-0.05, 0) is 6.92 Å². The topological polar surface area (TPSA) is 108 Å². The molecule has 0 spiro atoms. The number of rotatable bonds is 5. The van der Waals surface area contributed by atoms with Gasteiger partial charge in [-0.15, -0.1) is 0 Å². The van der Waals surface area contributed by atoms with Crippen LogP contribution >= 0.6 is 0 Å². The molecule has 1 saturated heterocycles. The van der Waals surface area contributed by atoms with Gasteiger partial charge in [0.15, 0.2) is 5.79 Å². The Balaban J connectivity index is 2.32. The first-order valence-electron chi connectivity index (χ1n) is 4.87. The SMILES string of the molecule is CC1(CCC(=O)O)OCC(COC(N)=O)O1. The van der Waals surface area contributed by atoms with Crippen LogP contribution in [0.1, 0.15) is 19.8 Å². The Morgan fingerprint density at radius 1 is 1.62 bits per heavy atom. The summed E-state index contributed by atoms with van der Waals surface area (Å²) in [5.74, 6) is -1.84. The number of carboxylic acids is 1. The first kappa shape index (κ1) is 12.7. The number of amides is 1. The van der Waals surface area contributed by atoms with Gasteiger partial charge in [0.1, 0.15) is 12.7 Å². The van der Waals surface area contributed by atoms with Crippen molar-refractivity contribution < 1.29 is 28.9 Å². The minimum atomic E-state index is -0.927. The van der Waals surface area contributed by atoms with Crippen LogP contribution in [0, 0.1) is 0 Å². The van der Waals surface area contributed by atoms with Crippen LogP contribution in [0.5, 0.6) is 0 Å². The third-order valence-corrected chi connectivity index (χ3v) is 2.19. The fourth-order valence-electron chi connectivity index (χ4n) is 1.41. The van der Waals surface area contributed by atoms with Crippen molar-refractivity contribution >= 4 is 12.1 Å². The van der Waals surface area contributed by atoms with Gasteiger partial charge in [-0.25, -0.2) is 4.79 Å². The first-order valence-corrected chi connectivity index (χ1v) is 4.87. The lowest BCUT2D eigenvalue weighted by Crippen LogP contribution is -2.29. The highest BCUT2D eigenvalue weighted by molar-refractivity contribution is 5.66. The molecule has 92 valence electrons. The minimum Gasteiger partial charge on any atom is -0.481 e. The Bertz CT molecular complexity index is 281. The lowest BCUT2D eigenvalue weighted by atomic mass is 10.2. The molecule has 1 rings (SSSR count). The monoisotopic (exact) mass is 233 g/mol. The fraction of sp³-hybridized carbons (Fsp3) is 0.778. The lowest BCUT2D eigenvalue weighted by molar-refractivity contribution is -0.168. The van der Waals surface area contributed by atoms with E-state index in [1.807, 2.05) is 0 Å². The molecule has 1 aliphatic rings. The Morgan fingerprint density at radius 3 is 2.88 bits per heavy atom. The van der Waals surface area contributed by atoms with Gasteiger partial charge >= 0.3 is 12.1 Å². The molecule has 2 unspecified atom stereocenters. The lowest BCUT2D eigenvalue weighted by Gasteiger charge is -2.22. The second-order valence-corrected chi connectivity index (χ2v) is 3.71. The van der Waals surface area contributed by atoms with Gasteiger partial charge in [-0.3, -0.25) is 4.79 Å². The molecule has 7 heteroatoms. The normalized spacial score (nSPS) is 28.9. The van der Waals surface area contributed by atoms with Crippen molar-refractivity contribution in [2.24, 2.45) is 5.73 Å². The van der Waals surface area contributed by atoms with E-state index in [2.05, 4.69) is 4.74 Å². The van der Waals surface area contributed by atoms with Gasteiger partial charge < -0.3 is 25.1 Å². The summed E-state index contributed by atoms with van der Waals surface area (Å²) in [6.07, 6.45) is -1.07. The van der Waals surface area contributed by atoms with Crippen LogP contribution < -0.4 is 5.73 Å². The van der Waals surface area contributed by atoms with Crippen LogP contribution in [-0.4, -0.2) is 42.3 Å². The second kappa shape index (κ2) is 5.13. The zero-order valence-corrected chi connectivity index (χ0v) is 8.97. The Labute approximate surface area is 92.5 Å². The zero-order valence-electron chi connectivity index (χ0n) is 8.97. The van der Waals surface area contributed by atoms with Crippen LogP contribution in [0.15, 0.2) is 0 Å². The van der Waals surface area contributed by atoms with Crippen molar-refractivity contribution in [2.45, 2.75) is 31.7 Å². The number of aliphatic carboxylic acids is 1. The van der Waals surface area contributed by atoms with Crippen molar-refractivity contribution in [1.29, 1.82) is 0 Å². The molecule has 0 radical (unpaired) electrons. The molecule has 7 nitrogen and oxygen atoms in total. The molecule has 0 saturated carbocycles. The number of carbonyl (C=O) groups excluding carboxylic acids is 1. The maximum Gasteiger partial charge on any atom is 0.404 e. The van der Waals surface area contributed by atoms with Crippen molar-refractivity contribution in [3.8, 4) is 0 Å². The van der Waals surface area contributed by atoms with Crippen LogP contribution in [-0.2, 0) is 19.0 Å². The first-order chi connectivity index (χ1) is 7.41. The van der Waals surface area contributed by atoms with E-state index in [-0.39, 0.29) is 26.1 Å². The number of carboxylic acid groups (broad SMARTS) is 1. The smallest absolute Gasteiger partial charge is 0.404 e. The number of hydrogen-bond acceptors (Lipinski definition) is 5. The minimum absolute atomic E-state index is 0.0119. The number of nitrogens with two attached hydrogens (primary N) is 1. The predicted octanol–water partition coefficient (Wildman–Crippen LogP) is 0.0781. The number of ether oxygens (including phenoxy) is 3. The summed E-state index contributed by atoms with van der Waals surface area (Å²) in [6.45, 7) is 1.92. The number of carbonyl (C=O) groups is 2. The van der Waals surface area contributed by atoms with E-state index in [9.17, 15) is 9.59 Å². The largest absolute Gasteiger partial charge is 0.481 e. The van der Waals surface area contributed by atoms with E-state index in [1.54, 1.807) is 6.92 Å². The summed E-state index contributed by atoms with van der Waals surface area (Å²) in [7, 11) is 0. The zero-order chi connectivity index (χ0) is 12.2.